The molecule has 0 fully saturated rings. The van der Waals surface area contributed by atoms with Gasteiger partial charge < -0.3 is 4.74 Å². The van der Waals surface area contributed by atoms with Gasteiger partial charge in [0.2, 0.25) is 0 Å². The molecule has 1 atom stereocenters. The number of nitrogens with one attached hydrogen (secondary N) is 1. The van der Waals surface area contributed by atoms with E-state index < -0.39 is 36.0 Å². The molecule has 0 aliphatic carbocycles. The lowest BCUT2D eigenvalue weighted by Gasteiger charge is -2.24. The van der Waals surface area contributed by atoms with E-state index in [0.29, 0.717) is 6.61 Å². The highest BCUT2D eigenvalue weighted by Crippen LogP contribution is 2.67. The predicted molar refractivity (Wildman–Crippen MR) is 132 cm³/mol. The van der Waals surface area contributed by atoms with Crippen molar-refractivity contribution in [3.63, 3.8) is 0 Å². The highest BCUT2D eigenvalue weighted by molar-refractivity contribution is 7.83. The monoisotopic (exact) mass is 464 g/mol. The fraction of sp³-hybridized carbons (Fsp3) is 1.00. The van der Waals surface area contributed by atoms with E-state index in [1.54, 1.807) is 7.11 Å². The maximum Gasteiger partial charge on any atom is 0.134 e. The third-order valence-electron chi connectivity index (χ3n) is 2.86. The van der Waals surface area contributed by atoms with Crippen molar-refractivity contribution >= 4 is 36.0 Å². The van der Waals surface area contributed by atoms with Gasteiger partial charge in [-0.05, 0) is 67.0 Å². The Morgan fingerprint density at radius 3 is 1.50 bits per heavy atom. The first-order valence-corrected chi connectivity index (χ1v) is 21.5. The minimum Gasteiger partial charge on any atom is -0.383 e. The third kappa shape index (κ3) is 12.5. The Bertz CT molecular complexity index is 738. The molecule has 1 N–H and O–H groups in total. The molecular formula is C14H41N6OP5. The van der Waals surface area contributed by atoms with Crippen LogP contribution in [0.3, 0.4) is 0 Å². The fourth-order valence-electron chi connectivity index (χ4n) is 2.71. The summed E-state index contributed by atoms with van der Waals surface area (Å²) in [6, 6.07) is 0. The van der Waals surface area contributed by atoms with E-state index >= 15 is 0 Å². The summed E-state index contributed by atoms with van der Waals surface area (Å²) in [5.41, 5.74) is 0. The number of methoxy groups -OCH3 is 1. The number of hydrogen-bond acceptors (Lipinski definition) is 2. The SMILES string of the molecule is CN=P(C)(N=P(C)(C)N=P(C)(C)N=P(C)(C)N=P(C)(C)C)NCCOC. The Morgan fingerprint density at radius 1 is 0.692 bits per heavy atom. The maximum atomic E-state index is 5.18. The van der Waals surface area contributed by atoms with Gasteiger partial charge >= 0.3 is 0 Å². The van der Waals surface area contributed by atoms with Gasteiger partial charge in [0.15, 0.2) is 0 Å². The molecule has 1 unspecified atom stereocenters. The molecule has 0 saturated heterocycles. The van der Waals surface area contributed by atoms with Gasteiger partial charge in [0, 0.05) is 27.4 Å². The topological polar surface area (TPSA) is 83.1 Å². The van der Waals surface area contributed by atoms with Crippen LogP contribution in [-0.4, -0.2) is 94.0 Å². The summed E-state index contributed by atoms with van der Waals surface area (Å²) in [6.07, 6.45) is 0. The van der Waals surface area contributed by atoms with Crippen molar-refractivity contribution in [2.75, 3.05) is 94.0 Å². The lowest BCUT2D eigenvalue weighted by atomic mass is 10.7. The van der Waals surface area contributed by atoms with Crippen LogP contribution in [0.4, 0.5) is 0 Å². The quantitative estimate of drug-likeness (QED) is 0.319. The Balaban J connectivity index is 6.07. The van der Waals surface area contributed by atoms with E-state index in [9.17, 15) is 0 Å². The first-order valence-electron chi connectivity index (χ1n) is 8.49. The molecule has 0 aliphatic rings. The van der Waals surface area contributed by atoms with Gasteiger partial charge in [-0.1, -0.05) is 0 Å². The summed E-state index contributed by atoms with van der Waals surface area (Å²) >= 11 is 0. The number of ether oxygens (including phenoxy) is 1. The molecule has 0 aliphatic heterocycles. The summed E-state index contributed by atoms with van der Waals surface area (Å²) in [5, 5.41) is 3.46. The van der Waals surface area contributed by atoms with E-state index in [2.05, 4.69) is 76.5 Å². The molecule has 0 radical (unpaired) electrons. The molecule has 0 aromatic heterocycles. The van der Waals surface area contributed by atoms with Crippen LogP contribution in [0.2, 0.25) is 0 Å². The van der Waals surface area contributed by atoms with Crippen molar-refractivity contribution in [3.05, 3.63) is 0 Å². The minimum atomic E-state index is -1.93. The van der Waals surface area contributed by atoms with Crippen molar-refractivity contribution in [2.45, 2.75) is 0 Å². The lowest BCUT2D eigenvalue weighted by molar-refractivity contribution is 0.204. The normalized spacial score (nSPS) is 15.8. The average Bonchev–Trinajstić information content (AvgIpc) is 2.31. The second-order valence-electron chi connectivity index (χ2n) is 8.32. The second kappa shape index (κ2) is 10.2. The van der Waals surface area contributed by atoms with Gasteiger partial charge in [-0.15, -0.1) is 0 Å². The fourth-order valence-corrected chi connectivity index (χ4v) is 22.6. The van der Waals surface area contributed by atoms with Crippen LogP contribution in [0.5, 0.6) is 0 Å². The molecule has 0 aromatic rings. The Kier molecular flexibility index (Phi) is 10.6. The molecule has 158 valence electrons. The van der Waals surface area contributed by atoms with Crippen LogP contribution >= 0.6 is 36.0 Å². The van der Waals surface area contributed by atoms with Gasteiger partial charge in [-0.25, -0.2) is 13.5 Å². The van der Waals surface area contributed by atoms with Gasteiger partial charge in [0.25, 0.3) is 0 Å². The van der Waals surface area contributed by atoms with Crippen molar-refractivity contribution in [1.82, 2.24) is 5.09 Å². The van der Waals surface area contributed by atoms with E-state index in [4.69, 9.17) is 22.8 Å². The average molecular weight is 464 g/mol. The summed E-state index contributed by atoms with van der Waals surface area (Å²) < 4.78 is 30.2. The summed E-state index contributed by atoms with van der Waals surface area (Å²) in [4.78, 5) is 0. The zero-order valence-corrected chi connectivity index (χ0v) is 23.3. The first-order chi connectivity index (χ1) is 11.4. The van der Waals surface area contributed by atoms with Crippen LogP contribution < -0.4 is 5.09 Å². The maximum absolute atomic E-state index is 5.18. The molecule has 12 heteroatoms. The van der Waals surface area contributed by atoms with Gasteiger partial charge in [-0.2, -0.15) is 0 Å². The van der Waals surface area contributed by atoms with E-state index in [1.807, 2.05) is 7.05 Å². The first kappa shape index (κ1) is 27.1. The van der Waals surface area contributed by atoms with E-state index in [1.165, 1.54) is 0 Å². The van der Waals surface area contributed by atoms with E-state index in [-0.39, 0.29) is 0 Å². The smallest absolute Gasteiger partial charge is 0.134 e. The Hall–Kier alpha value is 1.07. The van der Waals surface area contributed by atoms with Crippen LogP contribution in [-0.2, 0) is 4.74 Å². The molecule has 0 spiro atoms. The van der Waals surface area contributed by atoms with Gasteiger partial charge in [0.1, 0.15) is 7.36 Å². The van der Waals surface area contributed by atoms with Gasteiger partial charge in [0.05, 0.1) is 28.2 Å². The molecule has 0 heterocycles. The summed E-state index contributed by atoms with van der Waals surface area (Å²) in [6.45, 7) is 23.3. The highest BCUT2D eigenvalue weighted by atomic mass is 31.2. The summed E-state index contributed by atoms with van der Waals surface area (Å²) in [7, 11) is -4.92. The molecule has 0 saturated carbocycles. The molecule has 0 aromatic carbocycles. The number of rotatable bonds is 8. The zero-order chi connectivity index (χ0) is 20.9. The molecule has 26 heavy (non-hydrogen) atoms. The lowest BCUT2D eigenvalue weighted by Crippen LogP contribution is -2.14. The minimum absolute atomic E-state index is 0.653. The van der Waals surface area contributed by atoms with Crippen LogP contribution in [0.1, 0.15) is 0 Å². The largest absolute Gasteiger partial charge is 0.383 e. The predicted octanol–water partition coefficient (Wildman–Crippen LogP) is 6.73. The van der Waals surface area contributed by atoms with E-state index in [0.717, 1.165) is 6.54 Å². The van der Waals surface area contributed by atoms with Crippen molar-refractivity contribution in [3.8, 4) is 0 Å². The molecule has 0 amide bonds. The summed E-state index contributed by atoms with van der Waals surface area (Å²) in [5.74, 6) is 0. The highest BCUT2D eigenvalue weighted by Gasteiger charge is 2.18. The van der Waals surface area contributed by atoms with Crippen molar-refractivity contribution in [2.24, 2.45) is 22.8 Å². The number of hydrogen-bond donors (Lipinski definition) is 1. The van der Waals surface area contributed by atoms with Crippen molar-refractivity contribution < 1.29 is 4.74 Å². The molecule has 0 rings (SSSR count). The van der Waals surface area contributed by atoms with Crippen LogP contribution in [0.15, 0.2) is 22.8 Å². The molecule has 7 nitrogen and oxygen atoms in total. The van der Waals surface area contributed by atoms with Gasteiger partial charge in [-0.3, -0.25) is 14.3 Å². The zero-order valence-electron chi connectivity index (χ0n) is 18.8. The number of nitrogens with zero attached hydrogens (tertiary/aromatic N) is 5. The van der Waals surface area contributed by atoms with Crippen LogP contribution in [0.25, 0.3) is 0 Å². The second-order valence-corrected chi connectivity index (χ2v) is 25.6. The van der Waals surface area contributed by atoms with Crippen LogP contribution in [0, 0.1) is 0 Å². The molecular weight excluding hydrogens is 423 g/mol. The standard InChI is InChI=1S/C14H41N6OP5/c1-15-26(12,16-13-14-21-2)20-25(10,11)19-24(8,9)18-23(6,7)17-22(3,4)5/h16H,13-14H2,1-12H3. The third-order valence-corrected chi connectivity index (χ3v) is 18.5. The Labute approximate surface area is 162 Å². The van der Waals surface area contributed by atoms with Crippen molar-refractivity contribution in [1.29, 1.82) is 0 Å². The Morgan fingerprint density at radius 2 is 1.12 bits per heavy atom. The molecule has 0 bridgehead atoms.